The first-order valence-electron chi connectivity index (χ1n) is 5.95. The first-order valence-corrected chi connectivity index (χ1v) is 7.13. The third-order valence-corrected chi connectivity index (χ3v) is 3.67. The molecule has 2 nitrogen and oxygen atoms in total. The molecule has 0 spiro atoms. The number of carbonyl (C=O) groups excluding carboxylic acids is 1. The van der Waals surface area contributed by atoms with E-state index in [4.69, 9.17) is 11.6 Å². The second-order valence-electron chi connectivity index (χ2n) is 4.39. The molecule has 20 heavy (non-hydrogen) atoms. The molecule has 1 amide bonds. The molecule has 0 fully saturated rings. The van der Waals surface area contributed by atoms with Crippen molar-refractivity contribution in [3.8, 4) is 0 Å². The van der Waals surface area contributed by atoms with E-state index in [9.17, 15) is 9.18 Å². The van der Waals surface area contributed by atoms with Gasteiger partial charge in [-0.2, -0.15) is 0 Å². The van der Waals surface area contributed by atoms with Crippen LogP contribution in [0.25, 0.3) is 0 Å². The number of halogens is 3. The smallest absolute Gasteiger partial charge is 0.253 e. The first-order chi connectivity index (χ1) is 9.47. The zero-order valence-electron chi connectivity index (χ0n) is 10.7. The van der Waals surface area contributed by atoms with Crippen LogP contribution < -0.4 is 5.32 Å². The Labute approximate surface area is 130 Å². The lowest BCUT2D eigenvalue weighted by Gasteiger charge is -2.08. The fraction of sp³-hybridized carbons (Fsp3) is 0.133. The molecule has 0 atom stereocenters. The highest BCUT2D eigenvalue weighted by molar-refractivity contribution is 9.10. The van der Waals surface area contributed by atoms with E-state index in [0.717, 1.165) is 10.0 Å². The first kappa shape index (κ1) is 15.0. The van der Waals surface area contributed by atoms with Gasteiger partial charge >= 0.3 is 0 Å². The van der Waals surface area contributed by atoms with E-state index in [-0.39, 0.29) is 11.7 Å². The average molecular weight is 357 g/mol. The van der Waals surface area contributed by atoms with Crippen molar-refractivity contribution in [3.63, 3.8) is 0 Å². The van der Waals surface area contributed by atoms with Gasteiger partial charge in [0.25, 0.3) is 5.91 Å². The Hall–Kier alpha value is -1.39. The Morgan fingerprint density at radius 3 is 2.75 bits per heavy atom. The van der Waals surface area contributed by atoms with Gasteiger partial charge in [0.05, 0.1) is 10.6 Å². The van der Waals surface area contributed by atoms with Crippen molar-refractivity contribution in [2.75, 3.05) is 0 Å². The minimum Gasteiger partial charge on any atom is -0.348 e. The van der Waals surface area contributed by atoms with Crippen LogP contribution >= 0.6 is 27.5 Å². The average Bonchev–Trinajstić information content (AvgIpc) is 2.42. The van der Waals surface area contributed by atoms with Gasteiger partial charge in [-0.05, 0) is 42.3 Å². The Morgan fingerprint density at radius 2 is 2.05 bits per heavy atom. The molecule has 5 heteroatoms. The molecule has 0 unspecified atom stereocenters. The summed E-state index contributed by atoms with van der Waals surface area (Å²) in [5.41, 5.74) is 1.79. The van der Waals surface area contributed by atoms with E-state index in [1.165, 1.54) is 6.07 Å². The van der Waals surface area contributed by atoms with Gasteiger partial charge in [0.1, 0.15) is 5.82 Å². The molecule has 0 heterocycles. The van der Waals surface area contributed by atoms with Crippen LogP contribution in [-0.4, -0.2) is 5.91 Å². The van der Waals surface area contributed by atoms with Gasteiger partial charge in [-0.25, -0.2) is 4.39 Å². The molecular formula is C15H12BrClFNO. The second kappa shape index (κ2) is 6.37. The largest absolute Gasteiger partial charge is 0.348 e. The van der Waals surface area contributed by atoms with Gasteiger partial charge < -0.3 is 5.32 Å². The molecule has 1 N–H and O–H groups in total. The topological polar surface area (TPSA) is 29.1 Å². The van der Waals surface area contributed by atoms with E-state index in [1.807, 2.05) is 0 Å². The SMILES string of the molecule is Cc1cc(CNC(=O)c2cc(Br)ccc2Cl)ccc1F. The van der Waals surface area contributed by atoms with Crippen molar-refractivity contribution in [1.29, 1.82) is 0 Å². The van der Waals surface area contributed by atoms with Crippen LogP contribution in [0.4, 0.5) is 4.39 Å². The molecule has 0 aliphatic rings. The van der Waals surface area contributed by atoms with Gasteiger partial charge in [0.15, 0.2) is 0 Å². The van der Waals surface area contributed by atoms with Crippen LogP contribution in [0.5, 0.6) is 0 Å². The molecule has 0 aliphatic heterocycles. The molecule has 2 aromatic carbocycles. The van der Waals surface area contributed by atoms with Crippen LogP contribution in [0.1, 0.15) is 21.5 Å². The molecule has 2 aromatic rings. The van der Waals surface area contributed by atoms with E-state index < -0.39 is 0 Å². The van der Waals surface area contributed by atoms with Gasteiger partial charge in [-0.3, -0.25) is 4.79 Å². The van der Waals surface area contributed by atoms with Gasteiger partial charge in [0, 0.05) is 11.0 Å². The number of nitrogens with one attached hydrogen (secondary N) is 1. The van der Waals surface area contributed by atoms with Crippen LogP contribution in [0.15, 0.2) is 40.9 Å². The fourth-order valence-electron chi connectivity index (χ4n) is 1.77. The second-order valence-corrected chi connectivity index (χ2v) is 5.71. The minimum absolute atomic E-state index is 0.255. The predicted molar refractivity (Wildman–Crippen MR) is 81.5 cm³/mol. The van der Waals surface area contributed by atoms with E-state index in [0.29, 0.717) is 22.7 Å². The predicted octanol–water partition coefficient (Wildman–Crippen LogP) is 4.48. The third-order valence-electron chi connectivity index (χ3n) is 2.85. The third kappa shape index (κ3) is 3.58. The normalized spacial score (nSPS) is 10.4. The quantitative estimate of drug-likeness (QED) is 0.863. The Bertz CT molecular complexity index is 660. The molecule has 0 radical (unpaired) electrons. The minimum atomic E-state index is -0.265. The summed E-state index contributed by atoms with van der Waals surface area (Å²) in [7, 11) is 0. The molecule has 0 bridgehead atoms. The van der Waals surface area contributed by atoms with Crippen LogP contribution in [0.3, 0.4) is 0 Å². The monoisotopic (exact) mass is 355 g/mol. The highest BCUT2D eigenvalue weighted by atomic mass is 79.9. The maximum absolute atomic E-state index is 13.1. The molecule has 0 aliphatic carbocycles. The zero-order valence-corrected chi connectivity index (χ0v) is 13.1. The number of aryl methyl sites for hydroxylation is 1. The molecule has 0 aromatic heterocycles. The molecule has 104 valence electrons. The number of hydrogen-bond acceptors (Lipinski definition) is 1. The maximum atomic E-state index is 13.1. The number of hydrogen-bond donors (Lipinski definition) is 1. The van der Waals surface area contributed by atoms with E-state index in [1.54, 1.807) is 37.3 Å². The maximum Gasteiger partial charge on any atom is 0.253 e. The number of rotatable bonds is 3. The molecule has 2 rings (SSSR count). The number of amides is 1. The summed E-state index contributed by atoms with van der Waals surface area (Å²) in [5, 5.41) is 3.15. The lowest BCUT2D eigenvalue weighted by Crippen LogP contribution is -2.23. The van der Waals surface area contributed by atoms with Crippen molar-refractivity contribution in [2.24, 2.45) is 0 Å². The number of benzene rings is 2. The summed E-state index contributed by atoms with van der Waals surface area (Å²) in [6, 6.07) is 9.82. The van der Waals surface area contributed by atoms with Crippen molar-refractivity contribution in [2.45, 2.75) is 13.5 Å². The highest BCUT2D eigenvalue weighted by Crippen LogP contribution is 2.21. The molecule has 0 saturated heterocycles. The van der Waals surface area contributed by atoms with Crippen LogP contribution in [0.2, 0.25) is 5.02 Å². The molecule has 0 saturated carbocycles. The van der Waals surface area contributed by atoms with Crippen molar-refractivity contribution >= 4 is 33.4 Å². The van der Waals surface area contributed by atoms with Crippen LogP contribution in [-0.2, 0) is 6.54 Å². The van der Waals surface area contributed by atoms with Gasteiger partial charge in [-0.15, -0.1) is 0 Å². The van der Waals surface area contributed by atoms with E-state index >= 15 is 0 Å². The Morgan fingerprint density at radius 1 is 1.30 bits per heavy atom. The van der Waals surface area contributed by atoms with Crippen molar-refractivity contribution in [1.82, 2.24) is 5.32 Å². The summed E-state index contributed by atoms with van der Waals surface area (Å²) in [4.78, 5) is 12.1. The zero-order chi connectivity index (χ0) is 14.7. The molecular weight excluding hydrogens is 345 g/mol. The van der Waals surface area contributed by atoms with Gasteiger partial charge in [0.2, 0.25) is 0 Å². The van der Waals surface area contributed by atoms with Gasteiger partial charge in [-0.1, -0.05) is 39.7 Å². The lowest BCUT2D eigenvalue weighted by molar-refractivity contribution is 0.0951. The number of carbonyl (C=O) groups is 1. The standard InChI is InChI=1S/C15H12BrClFNO/c1-9-6-10(2-5-14(9)18)8-19-15(20)12-7-11(16)3-4-13(12)17/h2-7H,8H2,1H3,(H,19,20). The lowest BCUT2D eigenvalue weighted by atomic mass is 10.1. The summed E-state index contributed by atoms with van der Waals surface area (Å²) in [6.07, 6.45) is 0. The van der Waals surface area contributed by atoms with E-state index in [2.05, 4.69) is 21.2 Å². The Kier molecular flexibility index (Phi) is 4.78. The van der Waals surface area contributed by atoms with Crippen molar-refractivity contribution in [3.05, 3.63) is 68.4 Å². The summed E-state index contributed by atoms with van der Waals surface area (Å²) in [5.74, 6) is -0.520. The van der Waals surface area contributed by atoms with Crippen LogP contribution in [0, 0.1) is 12.7 Å². The van der Waals surface area contributed by atoms with Crippen molar-refractivity contribution < 1.29 is 9.18 Å². The highest BCUT2D eigenvalue weighted by Gasteiger charge is 2.10. The summed E-state index contributed by atoms with van der Waals surface area (Å²) < 4.78 is 13.9. The Balaban J connectivity index is 2.08. The summed E-state index contributed by atoms with van der Waals surface area (Å²) >= 11 is 9.29. The summed E-state index contributed by atoms with van der Waals surface area (Å²) in [6.45, 7) is 2.01. The fourth-order valence-corrected chi connectivity index (χ4v) is 2.33.